The minimum Gasteiger partial charge on any atom is -0.481 e. The zero-order valence-electron chi connectivity index (χ0n) is 9.75. The number of hydrogen-bond donors (Lipinski definition) is 1. The third-order valence-corrected chi connectivity index (χ3v) is 2.64. The van der Waals surface area contributed by atoms with Crippen LogP contribution in [0.2, 0.25) is 0 Å². The van der Waals surface area contributed by atoms with Crippen molar-refractivity contribution in [3.05, 3.63) is 47.5 Å². The van der Waals surface area contributed by atoms with Crippen LogP contribution in [0.25, 0.3) is 0 Å². The first-order valence-electron chi connectivity index (χ1n) is 5.40. The van der Waals surface area contributed by atoms with Gasteiger partial charge in [0.25, 0.3) is 0 Å². The van der Waals surface area contributed by atoms with Crippen molar-refractivity contribution in [2.45, 2.75) is 12.3 Å². The molecule has 0 bridgehead atoms. The van der Waals surface area contributed by atoms with E-state index in [0.717, 1.165) is 0 Å². The first kappa shape index (κ1) is 12.2. The number of rotatable bonds is 4. The number of carboxylic acid groups (broad SMARTS) is 1. The number of carbonyl (C=O) groups is 1. The molecule has 1 N–H and O–H groups in total. The summed E-state index contributed by atoms with van der Waals surface area (Å²) in [6, 6.07) is 5.87. The molecule has 0 fully saturated rings. The van der Waals surface area contributed by atoms with Gasteiger partial charge in [-0.1, -0.05) is 23.4 Å². The summed E-state index contributed by atoms with van der Waals surface area (Å²) >= 11 is 0. The second-order valence-corrected chi connectivity index (χ2v) is 4.00. The second kappa shape index (κ2) is 4.95. The fraction of sp³-hybridized carbons (Fsp3) is 0.250. The first-order valence-corrected chi connectivity index (χ1v) is 5.40. The van der Waals surface area contributed by atoms with Gasteiger partial charge in [0.2, 0.25) is 0 Å². The molecule has 0 amide bonds. The van der Waals surface area contributed by atoms with Crippen LogP contribution in [0.3, 0.4) is 0 Å². The molecule has 94 valence electrons. The third-order valence-electron chi connectivity index (χ3n) is 2.64. The lowest BCUT2D eigenvalue weighted by atomic mass is 9.94. The highest BCUT2D eigenvalue weighted by Gasteiger charge is 2.24. The highest BCUT2D eigenvalue weighted by molar-refractivity contribution is 5.76. The number of halogens is 1. The van der Waals surface area contributed by atoms with E-state index in [-0.39, 0.29) is 12.0 Å². The van der Waals surface area contributed by atoms with Gasteiger partial charge in [-0.05, 0) is 6.07 Å². The van der Waals surface area contributed by atoms with E-state index in [1.54, 1.807) is 19.3 Å². The maximum absolute atomic E-state index is 13.6. The molecular formula is C12H12FN3O2. The molecule has 0 aliphatic carbocycles. The average Bonchev–Trinajstić information content (AvgIpc) is 2.73. The Bertz CT molecular complexity index is 568. The van der Waals surface area contributed by atoms with E-state index in [2.05, 4.69) is 10.3 Å². The van der Waals surface area contributed by atoms with E-state index in [1.807, 2.05) is 0 Å². The Morgan fingerprint density at radius 1 is 1.50 bits per heavy atom. The van der Waals surface area contributed by atoms with Crippen LogP contribution in [-0.2, 0) is 18.3 Å². The Morgan fingerprint density at radius 3 is 2.78 bits per heavy atom. The fourth-order valence-electron chi connectivity index (χ4n) is 1.79. The van der Waals surface area contributed by atoms with Crippen molar-refractivity contribution in [3.63, 3.8) is 0 Å². The summed E-state index contributed by atoms with van der Waals surface area (Å²) in [5.41, 5.74) is 0.684. The molecule has 0 radical (unpaired) electrons. The molecule has 0 spiro atoms. The molecule has 18 heavy (non-hydrogen) atoms. The molecule has 0 saturated heterocycles. The predicted octanol–water partition coefficient (Wildman–Crippen LogP) is 1.37. The predicted molar refractivity (Wildman–Crippen MR) is 61.5 cm³/mol. The number of aromatic nitrogens is 3. The van der Waals surface area contributed by atoms with Crippen molar-refractivity contribution in [1.82, 2.24) is 15.0 Å². The number of hydrogen-bond acceptors (Lipinski definition) is 3. The second-order valence-electron chi connectivity index (χ2n) is 4.00. The normalized spacial score (nSPS) is 12.3. The summed E-state index contributed by atoms with van der Waals surface area (Å²) in [6.07, 6.45) is 1.74. The summed E-state index contributed by atoms with van der Waals surface area (Å²) in [6.45, 7) is 0. The number of carboxylic acids is 1. The van der Waals surface area contributed by atoms with Crippen molar-refractivity contribution in [2.24, 2.45) is 7.05 Å². The molecule has 2 aromatic rings. The average molecular weight is 249 g/mol. The fourth-order valence-corrected chi connectivity index (χ4v) is 1.79. The SMILES string of the molecule is Cn1cc(CC(C(=O)O)c2ccccc2F)nn1. The molecular weight excluding hydrogens is 237 g/mol. The number of aliphatic carboxylic acids is 1. The van der Waals surface area contributed by atoms with Crippen molar-refractivity contribution in [2.75, 3.05) is 0 Å². The van der Waals surface area contributed by atoms with Crippen LogP contribution < -0.4 is 0 Å². The summed E-state index contributed by atoms with van der Waals surface area (Å²) < 4.78 is 15.1. The lowest BCUT2D eigenvalue weighted by Gasteiger charge is -2.11. The smallest absolute Gasteiger partial charge is 0.311 e. The van der Waals surface area contributed by atoms with Crippen molar-refractivity contribution in [1.29, 1.82) is 0 Å². The highest BCUT2D eigenvalue weighted by Crippen LogP contribution is 2.22. The maximum atomic E-state index is 13.6. The number of aryl methyl sites for hydroxylation is 1. The van der Waals surface area contributed by atoms with Crippen LogP contribution in [0.1, 0.15) is 17.2 Å². The summed E-state index contributed by atoms with van der Waals surface area (Å²) in [7, 11) is 1.69. The zero-order chi connectivity index (χ0) is 13.1. The molecule has 0 aliphatic heterocycles. The summed E-state index contributed by atoms with van der Waals surface area (Å²) in [5.74, 6) is -2.55. The number of nitrogens with zero attached hydrogens (tertiary/aromatic N) is 3. The topological polar surface area (TPSA) is 68.0 Å². The van der Waals surface area contributed by atoms with Crippen LogP contribution in [0.15, 0.2) is 30.5 Å². The van der Waals surface area contributed by atoms with Crippen LogP contribution in [-0.4, -0.2) is 26.1 Å². The van der Waals surface area contributed by atoms with Gasteiger partial charge in [0.05, 0.1) is 11.6 Å². The zero-order valence-corrected chi connectivity index (χ0v) is 9.75. The van der Waals surface area contributed by atoms with Gasteiger partial charge >= 0.3 is 5.97 Å². The minimum atomic E-state index is -1.08. The largest absolute Gasteiger partial charge is 0.481 e. The van der Waals surface area contributed by atoms with E-state index >= 15 is 0 Å². The minimum absolute atomic E-state index is 0.115. The van der Waals surface area contributed by atoms with Gasteiger partial charge in [-0.2, -0.15) is 0 Å². The van der Waals surface area contributed by atoms with E-state index in [4.69, 9.17) is 0 Å². The molecule has 6 heteroatoms. The van der Waals surface area contributed by atoms with Crippen LogP contribution >= 0.6 is 0 Å². The Morgan fingerprint density at radius 2 is 2.22 bits per heavy atom. The van der Waals surface area contributed by atoms with Crippen LogP contribution in [0.5, 0.6) is 0 Å². The molecule has 0 aliphatic rings. The Hall–Kier alpha value is -2.24. The number of benzene rings is 1. The lowest BCUT2D eigenvalue weighted by Crippen LogP contribution is -2.16. The molecule has 1 atom stereocenters. The quantitative estimate of drug-likeness (QED) is 0.888. The van der Waals surface area contributed by atoms with Gasteiger partial charge < -0.3 is 5.11 Å². The van der Waals surface area contributed by atoms with Gasteiger partial charge in [-0.3, -0.25) is 9.48 Å². The molecule has 1 aromatic carbocycles. The van der Waals surface area contributed by atoms with Gasteiger partial charge in [-0.15, -0.1) is 5.10 Å². The Labute approximate surface area is 103 Å². The van der Waals surface area contributed by atoms with Crippen LogP contribution in [0.4, 0.5) is 4.39 Å². The Kier molecular flexibility index (Phi) is 3.36. The molecule has 5 nitrogen and oxygen atoms in total. The molecule has 1 aromatic heterocycles. The lowest BCUT2D eigenvalue weighted by molar-refractivity contribution is -0.138. The maximum Gasteiger partial charge on any atom is 0.311 e. The molecule has 1 heterocycles. The molecule has 1 unspecified atom stereocenters. The van der Waals surface area contributed by atoms with E-state index < -0.39 is 17.7 Å². The first-order chi connectivity index (χ1) is 8.58. The van der Waals surface area contributed by atoms with Gasteiger partial charge in [0, 0.05) is 25.2 Å². The van der Waals surface area contributed by atoms with Crippen molar-refractivity contribution in [3.8, 4) is 0 Å². The standard InChI is InChI=1S/C12H12FN3O2/c1-16-7-8(14-15-16)6-10(12(17)18)9-4-2-3-5-11(9)13/h2-5,7,10H,6H2,1H3,(H,17,18). The van der Waals surface area contributed by atoms with Gasteiger partial charge in [-0.25, -0.2) is 4.39 Å². The molecule has 2 rings (SSSR count). The summed E-state index contributed by atoms with van der Waals surface area (Å²) in [4.78, 5) is 11.2. The van der Waals surface area contributed by atoms with Crippen LogP contribution in [0, 0.1) is 5.82 Å². The molecule has 0 saturated carbocycles. The monoisotopic (exact) mass is 249 g/mol. The van der Waals surface area contributed by atoms with Gasteiger partial charge in [0.1, 0.15) is 5.82 Å². The Balaban J connectivity index is 2.30. The van der Waals surface area contributed by atoms with E-state index in [9.17, 15) is 14.3 Å². The van der Waals surface area contributed by atoms with E-state index in [0.29, 0.717) is 5.69 Å². The van der Waals surface area contributed by atoms with Crippen molar-refractivity contribution >= 4 is 5.97 Å². The summed E-state index contributed by atoms with van der Waals surface area (Å²) in [5, 5.41) is 16.7. The highest BCUT2D eigenvalue weighted by atomic mass is 19.1. The van der Waals surface area contributed by atoms with Gasteiger partial charge in [0.15, 0.2) is 0 Å². The third kappa shape index (κ3) is 2.53. The van der Waals surface area contributed by atoms with E-state index in [1.165, 1.54) is 22.9 Å². The van der Waals surface area contributed by atoms with Crippen molar-refractivity contribution < 1.29 is 14.3 Å².